The molecule has 2 aromatic carbocycles. The Morgan fingerprint density at radius 3 is 2.74 bits per heavy atom. The number of aryl methyl sites for hydroxylation is 2. The predicted octanol–water partition coefficient (Wildman–Crippen LogP) is 3.94. The van der Waals surface area contributed by atoms with Crippen LogP contribution in [0, 0.1) is 13.8 Å². The molecule has 0 atom stereocenters. The smallest absolute Gasteiger partial charge is 0.315 e. The van der Waals surface area contributed by atoms with E-state index in [2.05, 4.69) is 4.98 Å². The summed E-state index contributed by atoms with van der Waals surface area (Å²) >= 11 is 0. The minimum Gasteiger partial charge on any atom is -0.497 e. The van der Waals surface area contributed by atoms with Crippen LogP contribution < -0.4 is 9.47 Å². The molecule has 118 valence electrons. The second-order valence-electron chi connectivity index (χ2n) is 5.65. The van der Waals surface area contributed by atoms with Gasteiger partial charge < -0.3 is 14.5 Å². The van der Waals surface area contributed by atoms with Crippen LogP contribution in [-0.4, -0.2) is 18.1 Å². The van der Waals surface area contributed by atoms with E-state index >= 15 is 0 Å². The van der Waals surface area contributed by atoms with Gasteiger partial charge in [0.05, 0.1) is 13.5 Å². The van der Waals surface area contributed by atoms with Gasteiger partial charge in [0, 0.05) is 17.1 Å². The summed E-state index contributed by atoms with van der Waals surface area (Å²) in [6.07, 6.45) is 2.05. The van der Waals surface area contributed by atoms with Crippen molar-refractivity contribution >= 4 is 16.9 Å². The number of nitrogens with one attached hydrogen (secondary N) is 1. The standard InChI is InChI=1S/C19H19NO3/c1-12-4-5-13(2)18(8-12)23-19(21)9-14-11-20-17-7-6-15(22-3)10-16(14)17/h4-8,10-11,20H,9H2,1-3H3. The third-order valence-corrected chi connectivity index (χ3v) is 3.88. The molecule has 0 saturated heterocycles. The molecular formula is C19H19NO3. The first-order valence-electron chi connectivity index (χ1n) is 7.49. The molecule has 0 aliphatic heterocycles. The van der Waals surface area contributed by atoms with E-state index in [1.54, 1.807) is 7.11 Å². The summed E-state index contributed by atoms with van der Waals surface area (Å²) in [6, 6.07) is 11.6. The first-order valence-corrected chi connectivity index (χ1v) is 7.49. The zero-order chi connectivity index (χ0) is 16.4. The van der Waals surface area contributed by atoms with Crippen molar-refractivity contribution in [2.75, 3.05) is 7.11 Å². The van der Waals surface area contributed by atoms with Gasteiger partial charge in [-0.2, -0.15) is 0 Å². The molecule has 4 heteroatoms. The molecule has 3 rings (SSSR count). The van der Waals surface area contributed by atoms with Gasteiger partial charge in [0.2, 0.25) is 0 Å². The van der Waals surface area contributed by atoms with Gasteiger partial charge in [-0.15, -0.1) is 0 Å². The minimum absolute atomic E-state index is 0.209. The van der Waals surface area contributed by atoms with Gasteiger partial charge in [-0.25, -0.2) is 0 Å². The van der Waals surface area contributed by atoms with E-state index in [0.29, 0.717) is 5.75 Å². The number of esters is 1. The number of fused-ring (bicyclic) bond motifs is 1. The molecule has 0 aliphatic rings. The normalized spacial score (nSPS) is 10.7. The molecule has 0 radical (unpaired) electrons. The fourth-order valence-electron chi connectivity index (χ4n) is 2.56. The van der Waals surface area contributed by atoms with E-state index in [1.807, 2.05) is 56.4 Å². The highest BCUT2D eigenvalue weighted by Gasteiger charge is 2.12. The lowest BCUT2D eigenvalue weighted by molar-refractivity contribution is -0.133. The Morgan fingerprint density at radius 2 is 1.96 bits per heavy atom. The zero-order valence-corrected chi connectivity index (χ0v) is 13.5. The van der Waals surface area contributed by atoms with Crippen molar-refractivity contribution in [3.05, 3.63) is 59.3 Å². The van der Waals surface area contributed by atoms with Crippen molar-refractivity contribution in [1.82, 2.24) is 4.98 Å². The molecule has 0 amide bonds. The van der Waals surface area contributed by atoms with Crippen LogP contribution in [0.5, 0.6) is 11.5 Å². The predicted molar refractivity (Wildman–Crippen MR) is 90.1 cm³/mol. The highest BCUT2D eigenvalue weighted by atomic mass is 16.5. The Hall–Kier alpha value is -2.75. The third-order valence-electron chi connectivity index (χ3n) is 3.88. The summed E-state index contributed by atoms with van der Waals surface area (Å²) in [5.41, 5.74) is 3.88. The van der Waals surface area contributed by atoms with Crippen LogP contribution in [0.1, 0.15) is 16.7 Å². The molecule has 1 N–H and O–H groups in total. The number of carbonyl (C=O) groups is 1. The number of carbonyl (C=O) groups excluding carboxylic acids is 1. The number of benzene rings is 2. The fourth-order valence-corrected chi connectivity index (χ4v) is 2.56. The van der Waals surface area contributed by atoms with Crippen molar-refractivity contribution in [1.29, 1.82) is 0 Å². The van der Waals surface area contributed by atoms with E-state index in [0.717, 1.165) is 33.3 Å². The van der Waals surface area contributed by atoms with Crippen LogP contribution in [0.25, 0.3) is 10.9 Å². The summed E-state index contributed by atoms with van der Waals surface area (Å²) in [5.74, 6) is 1.11. The molecule has 1 aromatic heterocycles. The third kappa shape index (κ3) is 3.21. The summed E-state index contributed by atoms with van der Waals surface area (Å²) in [7, 11) is 1.63. The van der Waals surface area contributed by atoms with Crippen molar-refractivity contribution in [2.45, 2.75) is 20.3 Å². The lowest BCUT2D eigenvalue weighted by Crippen LogP contribution is -2.11. The maximum Gasteiger partial charge on any atom is 0.315 e. The number of H-pyrrole nitrogens is 1. The Kier molecular flexibility index (Phi) is 4.06. The van der Waals surface area contributed by atoms with Gasteiger partial charge in [-0.3, -0.25) is 4.79 Å². The molecule has 4 nitrogen and oxygen atoms in total. The van der Waals surface area contributed by atoms with Gasteiger partial charge in [0.15, 0.2) is 0 Å². The number of hydrogen-bond acceptors (Lipinski definition) is 3. The van der Waals surface area contributed by atoms with Gasteiger partial charge in [-0.1, -0.05) is 12.1 Å². The van der Waals surface area contributed by atoms with Crippen LogP contribution in [-0.2, 0) is 11.2 Å². The largest absolute Gasteiger partial charge is 0.497 e. The lowest BCUT2D eigenvalue weighted by Gasteiger charge is -2.08. The number of hydrogen-bond donors (Lipinski definition) is 1. The Morgan fingerprint density at radius 1 is 1.13 bits per heavy atom. The molecule has 0 saturated carbocycles. The van der Waals surface area contributed by atoms with Crippen molar-refractivity contribution < 1.29 is 14.3 Å². The minimum atomic E-state index is -0.276. The van der Waals surface area contributed by atoms with Crippen LogP contribution in [0.3, 0.4) is 0 Å². The average Bonchev–Trinajstić information content (AvgIpc) is 2.93. The first kappa shape index (κ1) is 15.2. The van der Waals surface area contributed by atoms with Gasteiger partial charge in [0.25, 0.3) is 0 Å². The molecule has 0 fully saturated rings. The van der Waals surface area contributed by atoms with Gasteiger partial charge in [0.1, 0.15) is 11.5 Å². The summed E-state index contributed by atoms with van der Waals surface area (Å²) in [4.78, 5) is 15.4. The number of aromatic nitrogens is 1. The maximum atomic E-state index is 12.3. The van der Waals surface area contributed by atoms with Crippen LogP contribution in [0.2, 0.25) is 0 Å². The Balaban J connectivity index is 1.81. The van der Waals surface area contributed by atoms with Crippen molar-refractivity contribution in [2.24, 2.45) is 0 Å². The molecule has 0 bridgehead atoms. The fraction of sp³-hybridized carbons (Fsp3) is 0.211. The highest BCUT2D eigenvalue weighted by molar-refractivity contribution is 5.88. The molecule has 0 aliphatic carbocycles. The quantitative estimate of drug-likeness (QED) is 0.586. The maximum absolute atomic E-state index is 12.3. The number of ether oxygens (including phenoxy) is 2. The van der Waals surface area contributed by atoms with E-state index in [4.69, 9.17) is 9.47 Å². The molecule has 1 heterocycles. The molecular weight excluding hydrogens is 290 g/mol. The topological polar surface area (TPSA) is 51.3 Å². The summed E-state index contributed by atoms with van der Waals surface area (Å²) < 4.78 is 10.8. The SMILES string of the molecule is COc1ccc2[nH]cc(CC(=O)Oc3cc(C)ccc3C)c2c1. The van der Waals surface area contributed by atoms with Crippen molar-refractivity contribution in [3.63, 3.8) is 0 Å². The van der Waals surface area contributed by atoms with Crippen LogP contribution in [0.4, 0.5) is 0 Å². The van der Waals surface area contributed by atoms with Crippen LogP contribution >= 0.6 is 0 Å². The average molecular weight is 309 g/mol. The number of rotatable bonds is 4. The lowest BCUT2D eigenvalue weighted by atomic mass is 10.1. The van der Waals surface area contributed by atoms with Crippen LogP contribution in [0.15, 0.2) is 42.6 Å². The summed E-state index contributed by atoms with van der Waals surface area (Å²) in [5, 5.41) is 0.974. The van der Waals surface area contributed by atoms with E-state index in [1.165, 1.54) is 0 Å². The second kappa shape index (κ2) is 6.16. The Bertz CT molecular complexity index is 864. The van der Waals surface area contributed by atoms with E-state index in [-0.39, 0.29) is 12.4 Å². The highest BCUT2D eigenvalue weighted by Crippen LogP contribution is 2.25. The van der Waals surface area contributed by atoms with Gasteiger partial charge >= 0.3 is 5.97 Å². The van der Waals surface area contributed by atoms with Crippen molar-refractivity contribution in [3.8, 4) is 11.5 Å². The monoisotopic (exact) mass is 309 g/mol. The number of methoxy groups -OCH3 is 1. The summed E-state index contributed by atoms with van der Waals surface area (Å²) in [6.45, 7) is 3.90. The van der Waals surface area contributed by atoms with E-state index < -0.39 is 0 Å². The molecule has 0 spiro atoms. The van der Waals surface area contributed by atoms with E-state index in [9.17, 15) is 4.79 Å². The molecule has 3 aromatic rings. The molecule has 0 unspecified atom stereocenters. The molecule has 23 heavy (non-hydrogen) atoms. The second-order valence-corrected chi connectivity index (χ2v) is 5.65. The number of aromatic amines is 1. The first-order chi connectivity index (χ1) is 11.1. The van der Waals surface area contributed by atoms with Gasteiger partial charge in [-0.05, 0) is 54.8 Å². The zero-order valence-electron chi connectivity index (χ0n) is 13.5. The Labute approximate surface area is 135 Å².